The van der Waals surface area contributed by atoms with E-state index in [9.17, 15) is 5.11 Å². The first-order valence-corrected chi connectivity index (χ1v) is 9.60. The summed E-state index contributed by atoms with van der Waals surface area (Å²) in [6.45, 7) is 2.01. The van der Waals surface area contributed by atoms with Crippen LogP contribution in [0.4, 0.5) is 5.82 Å². The number of imidazole rings is 1. The van der Waals surface area contributed by atoms with Gasteiger partial charge in [0.05, 0.1) is 30.9 Å². The quantitative estimate of drug-likeness (QED) is 0.633. The zero-order chi connectivity index (χ0) is 18.2. The highest BCUT2D eigenvalue weighted by molar-refractivity contribution is 5.60. The summed E-state index contributed by atoms with van der Waals surface area (Å²) < 4.78 is 1.82. The number of aromatic nitrogens is 5. The van der Waals surface area contributed by atoms with Crippen LogP contribution < -0.4 is 10.6 Å². The molecule has 2 fully saturated rings. The summed E-state index contributed by atoms with van der Waals surface area (Å²) in [6, 6.07) is 2.30. The van der Waals surface area contributed by atoms with Crippen molar-refractivity contribution in [2.75, 3.05) is 18.4 Å². The standard InChI is InChI=1S/C19H23N7O/c27-11-13-6-18-22-9-16(26(18)25-19(13)12-3-4-12)15-8-21-10-17(24-15)23-14-2-1-5-20-7-14/h6,8-10,12,14,20,27H,1-5,7,11H2,(H,23,24)/t14-/m1/s1. The van der Waals surface area contributed by atoms with Gasteiger partial charge in [-0.25, -0.2) is 14.5 Å². The highest BCUT2D eigenvalue weighted by Crippen LogP contribution is 2.40. The summed E-state index contributed by atoms with van der Waals surface area (Å²) in [5.74, 6) is 1.22. The maximum absolute atomic E-state index is 9.66. The molecule has 8 heteroatoms. The van der Waals surface area contributed by atoms with Crippen molar-refractivity contribution in [1.82, 2.24) is 29.9 Å². The molecule has 0 radical (unpaired) electrons. The van der Waals surface area contributed by atoms with Crippen LogP contribution in [0.15, 0.2) is 24.7 Å². The summed E-state index contributed by atoms with van der Waals surface area (Å²) >= 11 is 0. The van der Waals surface area contributed by atoms with E-state index in [1.54, 1.807) is 18.6 Å². The summed E-state index contributed by atoms with van der Waals surface area (Å²) in [6.07, 6.45) is 9.83. The lowest BCUT2D eigenvalue weighted by molar-refractivity contribution is 0.279. The van der Waals surface area contributed by atoms with E-state index in [0.717, 1.165) is 66.5 Å². The second-order valence-electron chi connectivity index (χ2n) is 7.38. The molecule has 140 valence electrons. The Morgan fingerprint density at radius 3 is 2.93 bits per heavy atom. The minimum absolute atomic E-state index is 0.00778. The van der Waals surface area contributed by atoms with Crippen molar-refractivity contribution in [2.45, 2.75) is 44.2 Å². The molecule has 1 saturated heterocycles. The first kappa shape index (κ1) is 16.6. The Hall–Kier alpha value is -2.58. The Morgan fingerprint density at radius 2 is 2.15 bits per heavy atom. The molecule has 4 heterocycles. The Morgan fingerprint density at radius 1 is 1.22 bits per heavy atom. The van der Waals surface area contributed by atoms with Crippen molar-refractivity contribution >= 4 is 11.5 Å². The molecule has 0 unspecified atom stereocenters. The summed E-state index contributed by atoms with van der Waals surface area (Å²) in [7, 11) is 0. The van der Waals surface area contributed by atoms with Gasteiger partial charge in [-0.05, 0) is 38.3 Å². The fourth-order valence-electron chi connectivity index (χ4n) is 3.71. The summed E-state index contributed by atoms with van der Waals surface area (Å²) in [5.41, 5.74) is 4.11. The van der Waals surface area contributed by atoms with Crippen molar-refractivity contribution in [3.05, 3.63) is 35.9 Å². The van der Waals surface area contributed by atoms with Crippen LogP contribution in [0.1, 0.15) is 42.9 Å². The third kappa shape index (κ3) is 3.26. The summed E-state index contributed by atoms with van der Waals surface area (Å²) in [5, 5.41) is 21.3. The SMILES string of the molecule is OCc1cc2ncc(-c3cncc(N[C@@H]4CCCNC4)n3)n2nc1C1CC1. The molecule has 1 atom stereocenters. The van der Waals surface area contributed by atoms with Crippen LogP contribution in [-0.2, 0) is 6.61 Å². The van der Waals surface area contributed by atoms with E-state index in [2.05, 4.69) is 20.6 Å². The van der Waals surface area contributed by atoms with Crippen molar-refractivity contribution in [1.29, 1.82) is 0 Å². The van der Waals surface area contributed by atoms with E-state index in [1.807, 2.05) is 10.6 Å². The first-order valence-electron chi connectivity index (χ1n) is 9.60. The predicted molar refractivity (Wildman–Crippen MR) is 101 cm³/mol. The molecule has 1 aliphatic carbocycles. The number of piperidine rings is 1. The Kier molecular flexibility index (Phi) is 4.21. The van der Waals surface area contributed by atoms with Crippen LogP contribution in [0.5, 0.6) is 0 Å². The van der Waals surface area contributed by atoms with Gasteiger partial charge in [0, 0.05) is 24.1 Å². The number of rotatable bonds is 5. The lowest BCUT2D eigenvalue weighted by Gasteiger charge is -2.24. The van der Waals surface area contributed by atoms with Crippen molar-refractivity contribution in [3.8, 4) is 11.4 Å². The molecule has 0 bridgehead atoms. The number of hydrogen-bond donors (Lipinski definition) is 3. The molecule has 5 rings (SSSR count). The lowest BCUT2D eigenvalue weighted by atomic mass is 10.1. The molecule has 2 aliphatic rings. The van der Waals surface area contributed by atoms with E-state index in [4.69, 9.17) is 10.1 Å². The van der Waals surface area contributed by atoms with Gasteiger partial charge in [0.2, 0.25) is 0 Å². The van der Waals surface area contributed by atoms with Crippen LogP contribution in [0.3, 0.4) is 0 Å². The number of anilines is 1. The molecule has 1 aliphatic heterocycles. The average Bonchev–Trinajstić information content (AvgIpc) is 3.47. The maximum Gasteiger partial charge on any atom is 0.154 e. The Labute approximate surface area is 157 Å². The smallest absolute Gasteiger partial charge is 0.154 e. The van der Waals surface area contributed by atoms with Gasteiger partial charge in [-0.1, -0.05) is 0 Å². The molecule has 1 saturated carbocycles. The van der Waals surface area contributed by atoms with E-state index in [1.165, 1.54) is 6.42 Å². The van der Waals surface area contributed by atoms with Crippen LogP contribution in [0.25, 0.3) is 17.0 Å². The molecule has 0 amide bonds. The first-order chi connectivity index (χ1) is 13.3. The van der Waals surface area contributed by atoms with Crippen molar-refractivity contribution in [3.63, 3.8) is 0 Å². The van der Waals surface area contributed by atoms with Crippen molar-refractivity contribution in [2.24, 2.45) is 0 Å². The largest absolute Gasteiger partial charge is 0.392 e. The number of nitrogens with one attached hydrogen (secondary N) is 2. The normalized spacial score (nSPS) is 20.1. The van der Waals surface area contributed by atoms with Gasteiger partial charge >= 0.3 is 0 Å². The van der Waals surface area contributed by atoms with E-state index in [-0.39, 0.29) is 6.61 Å². The van der Waals surface area contributed by atoms with Gasteiger partial charge in [-0.15, -0.1) is 0 Å². The van der Waals surface area contributed by atoms with E-state index in [0.29, 0.717) is 12.0 Å². The third-order valence-corrected chi connectivity index (χ3v) is 5.28. The van der Waals surface area contributed by atoms with Gasteiger partial charge in [0.15, 0.2) is 5.65 Å². The third-order valence-electron chi connectivity index (χ3n) is 5.28. The fraction of sp³-hybridized carbons (Fsp3) is 0.474. The lowest BCUT2D eigenvalue weighted by Crippen LogP contribution is -2.38. The minimum atomic E-state index is -0.00778. The molecule has 3 aromatic rings. The molecule has 8 nitrogen and oxygen atoms in total. The highest BCUT2D eigenvalue weighted by atomic mass is 16.3. The second kappa shape index (κ2) is 6.86. The fourth-order valence-corrected chi connectivity index (χ4v) is 3.71. The number of hydrogen-bond acceptors (Lipinski definition) is 7. The van der Waals surface area contributed by atoms with E-state index >= 15 is 0 Å². The van der Waals surface area contributed by atoms with Gasteiger partial charge in [-0.2, -0.15) is 5.10 Å². The molecular formula is C19H23N7O. The average molecular weight is 365 g/mol. The highest BCUT2D eigenvalue weighted by Gasteiger charge is 2.28. The van der Waals surface area contributed by atoms with E-state index < -0.39 is 0 Å². The van der Waals surface area contributed by atoms with Gasteiger partial charge < -0.3 is 15.7 Å². The monoisotopic (exact) mass is 365 g/mol. The molecule has 0 spiro atoms. The van der Waals surface area contributed by atoms with Gasteiger partial charge in [0.25, 0.3) is 0 Å². The number of fused-ring (bicyclic) bond motifs is 1. The molecular weight excluding hydrogens is 342 g/mol. The van der Waals surface area contributed by atoms with Crippen molar-refractivity contribution < 1.29 is 5.11 Å². The Bertz CT molecular complexity index is 960. The van der Waals surface area contributed by atoms with Gasteiger partial charge in [0.1, 0.15) is 17.2 Å². The predicted octanol–water partition coefficient (Wildman–Crippen LogP) is 1.72. The minimum Gasteiger partial charge on any atom is -0.392 e. The topological polar surface area (TPSA) is 100 Å². The molecule has 3 aromatic heterocycles. The van der Waals surface area contributed by atoms with Gasteiger partial charge in [-0.3, -0.25) is 4.98 Å². The number of aliphatic hydroxyl groups excluding tert-OH is 1. The van der Waals surface area contributed by atoms with Crippen LogP contribution in [0.2, 0.25) is 0 Å². The molecule has 3 N–H and O–H groups in total. The zero-order valence-corrected chi connectivity index (χ0v) is 15.1. The van der Waals surface area contributed by atoms with Crippen LogP contribution in [0, 0.1) is 0 Å². The number of aliphatic hydroxyl groups is 1. The molecule has 27 heavy (non-hydrogen) atoms. The Balaban J connectivity index is 1.49. The number of nitrogens with zero attached hydrogens (tertiary/aromatic N) is 5. The molecule has 0 aromatic carbocycles. The zero-order valence-electron chi connectivity index (χ0n) is 15.1. The second-order valence-corrected chi connectivity index (χ2v) is 7.38. The maximum atomic E-state index is 9.66. The van der Waals surface area contributed by atoms with Crippen LogP contribution >= 0.6 is 0 Å². The summed E-state index contributed by atoms with van der Waals surface area (Å²) in [4.78, 5) is 13.6. The van der Waals surface area contributed by atoms with Crippen LogP contribution in [-0.4, -0.2) is 48.8 Å².